The highest BCUT2D eigenvalue weighted by atomic mass is 14.9. The molecule has 3 nitrogen and oxygen atoms in total. The normalized spacial score (nSPS) is 17.4. The van der Waals surface area contributed by atoms with Crippen LogP contribution in [0.4, 0.5) is 0 Å². The van der Waals surface area contributed by atoms with Crippen molar-refractivity contribution < 1.29 is 0 Å². The summed E-state index contributed by atoms with van der Waals surface area (Å²) in [6.07, 6.45) is 20.6. The average molecular weight is 822 g/mol. The van der Waals surface area contributed by atoms with E-state index in [9.17, 15) is 0 Å². The summed E-state index contributed by atoms with van der Waals surface area (Å²) >= 11 is 0. The summed E-state index contributed by atoms with van der Waals surface area (Å²) in [5, 5.41) is 0. The van der Waals surface area contributed by atoms with Crippen LogP contribution in [0.25, 0.3) is 67.3 Å². The summed E-state index contributed by atoms with van der Waals surface area (Å²) in [4.78, 5) is 10.2. The molecule has 0 fully saturated rings. The Balaban J connectivity index is 0.000000796. The number of fused-ring (bicyclic) bond motifs is 3. The van der Waals surface area contributed by atoms with Crippen LogP contribution in [0.2, 0.25) is 0 Å². The molecule has 1 heterocycles. The highest BCUT2D eigenvalue weighted by Crippen LogP contribution is 2.61. The van der Waals surface area contributed by atoms with E-state index in [1.54, 1.807) is 0 Å². The largest absolute Gasteiger partial charge is 0.404 e. The van der Waals surface area contributed by atoms with Crippen molar-refractivity contribution in [2.24, 2.45) is 17.6 Å². The zero-order valence-electron chi connectivity index (χ0n) is 37.5. The number of aromatic nitrogens is 2. The third-order valence-electron chi connectivity index (χ3n) is 12.0. The second-order valence-corrected chi connectivity index (χ2v) is 15.7. The molecule has 3 unspecified atom stereocenters. The van der Waals surface area contributed by atoms with Gasteiger partial charge in [0.15, 0.2) is 5.82 Å². The van der Waals surface area contributed by atoms with Crippen molar-refractivity contribution in [3.8, 4) is 67.3 Å². The van der Waals surface area contributed by atoms with E-state index in [4.69, 9.17) is 15.7 Å². The molecule has 9 rings (SSSR count). The topological polar surface area (TPSA) is 51.8 Å². The molecule has 7 aromatic rings. The van der Waals surface area contributed by atoms with Crippen LogP contribution in [-0.2, 0) is 5.41 Å². The first kappa shape index (κ1) is 44.0. The van der Waals surface area contributed by atoms with E-state index in [0.29, 0.717) is 11.7 Å². The number of rotatable bonds is 9. The maximum atomic E-state index is 6.59. The van der Waals surface area contributed by atoms with Crippen LogP contribution in [0.5, 0.6) is 0 Å². The van der Waals surface area contributed by atoms with E-state index in [2.05, 4.69) is 215 Å². The minimum atomic E-state index is -0.456. The van der Waals surface area contributed by atoms with Crippen LogP contribution in [0.3, 0.4) is 0 Å². The first-order valence-corrected chi connectivity index (χ1v) is 22.5. The fourth-order valence-electron chi connectivity index (χ4n) is 9.25. The molecule has 3 heteroatoms. The summed E-state index contributed by atoms with van der Waals surface area (Å²) in [5.74, 6) is 1.18. The van der Waals surface area contributed by atoms with Crippen LogP contribution in [0.15, 0.2) is 218 Å². The van der Waals surface area contributed by atoms with E-state index < -0.39 is 5.41 Å². The summed E-state index contributed by atoms with van der Waals surface area (Å²) in [5.41, 5.74) is 21.9. The van der Waals surface area contributed by atoms with Crippen molar-refractivity contribution in [1.82, 2.24) is 9.97 Å². The molecule has 0 radical (unpaired) electrons. The van der Waals surface area contributed by atoms with E-state index in [0.717, 1.165) is 51.2 Å². The maximum Gasteiger partial charge on any atom is 0.160 e. The van der Waals surface area contributed by atoms with Gasteiger partial charge in [-0.25, -0.2) is 9.97 Å². The van der Waals surface area contributed by atoms with Gasteiger partial charge in [-0.1, -0.05) is 216 Å². The van der Waals surface area contributed by atoms with Gasteiger partial charge in [0.2, 0.25) is 0 Å². The van der Waals surface area contributed by atoms with Crippen LogP contribution >= 0.6 is 0 Å². The summed E-state index contributed by atoms with van der Waals surface area (Å²) < 4.78 is 0. The lowest BCUT2D eigenvalue weighted by atomic mass is 9.59. The lowest BCUT2D eigenvalue weighted by molar-refractivity contribution is 0.373. The lowest BCUT2D eigenvalue weighted by Crippen LogP contribution is -2.39. The molecular weight excluding hydrogens is 763 g/mol. The van der Waals surface area contributed by atoms with Crippen molar-refractivity contribution in [3.05, 3.63) is 229 Å². The maximum absolute atomic E-state index is 6.59. The predicted octanol–water partition coefficient (Wildman–Crippen LogP) is 15.9. The number of hydrogen-bond acceptors (Lipinski definition) is 3. The van der Waals surface area contributed by atoms with E-state index in [1.165, 1.54) is 33.4 Å². The second-order valence-electron chi connectivity index (χ2n) is 15.7. The van der Waals surface area contributed by atoms with Crippen molar-refractivity contribution in [2.75, 3.05) is 0 Å². The third kappa shape index (κ3) is 8.83. The minimum Gasteiger partial charge on any atom is -0.404 e. The van der Waals surface area contributed by atoms with Crippen molar-refractivity contribution in [3.63, 3.8) is 0 Å². The zero-order chi connectivity index (χ0) is 44.2. The smallest absolute Gasteiger partial charge is 0.160 e. The van der Waals surface area contributed by atoms with Crippen molar-refractivity contribution in [2.45, 2.75) is 53.4 Å². The molecular formula is C60H59N3. The Morgan fingerprint density at radius 3 is 1.68 bits per heavy atom. The third-order valence-corrected chi connectivity index (χ3v) is 12.0. The molecule has 0 saturated heterocycles. The number of nitrogens with two attached hydrogens (primary N) is 1. The van der Waals surface area contributed by atoms with Gasteiger partial charge < -0.3 is 5.73 Å². The fraction of sp³-hybridized carbons (Fsp3) is 0.167. The minimum absolute atomic E-state index is 0.176. The summed E-state index contributed by atoms with van der Waals surface area (Å²) in [6.45, 7) is 12.6. The Morgan fingerprint density at radius 2 is 1.10 bits per heavy atom. The Kier molecular flexibility index (Phi) is 14.4. The van der Waals surface area contributed by atoms with Crippen LogP contribution in [0, 0.1) is 11.8 Å². The molecule has 3 atom stereocenters. The molecule has 0 spiro atoms. The summed E-state index contributed by atoms with van der Waals surface area (Å²) in [6, 6.07) is 56.0. The highest BCUT2D eigenvalue weighted by molar-refractivity contribution is 5.95. The van der Waals surface area contributed by atoms with Gasteiger partial charge in [0.1, 0.15) is 0 Å². The molecule has 314 valence electrons. The van der Waals surface area contributed by atoms with E-state index >= 15 is 0 Å². The molecule has 63 heavy (non-hydrogen) atoms. The number of hydrogen-bond donors (Lipinski definition) is 1. The van der Waals surface area contributed by atoms with Gasteiger partial charge in [0, 0.05) is 22.6 Å². The first-order valence-electron chi connectivity index (χ1n) is 22.5. The summed E-state index contributed by atoms with van der Waals surface area (Å²) in [7, 11) is 0. The molecule has 2 N–H and O–H groups in total. The molecule has 0 amide bonds. The molecule has 2 aliphatic rings. The standard InChI is InChI=1S/C53H43N3.C5H10.C2H6/c1-3-17-43(35-54)53(46-29-12-10-18-36(46)2)47-30-13-11-27-45(47)51-44(28-16-31-48(51)53)41-25-14-23-39(32-41)40-24-15-26-42(33-40)52-55-49(37-19-6-4-7-20-37)34-50(56-52)38-21-8-5-9-22-38;1-3-5-4-2;1-2/h3-36,46H,54H2,1-2H3;3,5H,4H2,1-2H3;1-2H3/b17-3-,43-35+;5-3-;. The second kappa shape index (κ2) is 20.6. The molecule has 2 aliphatic carbocycles. The van der Waals surface area contributed by atoms with E-state index in [-0.39, 0.29) is 5.92 Å². The first-order chi connectivity index (χ1) is 31.0. The lowest BCUT2D eigenvalue weighted by Gasteiger charge is -2.43. The van der Waals surface area contributed by atoms with Gasteiger partial charge in [-0.05, 0) is 101 Å². The average Bonchev–Trinajstić information content (AvgIpc) is 3.65. The van der Waals surface area contributed by atoms with Gasteiger partial charge in [0.25, 0.3) is 0 Å². The molecule has 1 aromatic heterocycles. The van der Waals surface area contributed by atoms with Gasteiger partial charge in [-0.15, -0.1) is 0 Å². The predicted molar refractivity (Wildman–Crippen MR) is 270 cm³/mol. The van der Waals surface area contributed by atoms with Gasteiger partial charge in [0.05, 0.1) is 16.8 Å². The monoisotopic (exact) mass is 821 g/mol. The molecule has 0 aliphatic heterocycles. The van der Waals surface area contributed by atoms with Crippen molar-refractivity contribution >= 4 is 0 Å². The fourth-order valence-corrected chi connectivity index (χ4v) is 9.25. The Bertz CT molecular complexity index is 2730. The SMILES string of the molecule is C/C=C\C(=C/N)C1(C2C=CC=CC2C)c2ccccc2-c2c(-c3cccc(-c4cccc(-c5nc(-c6ccccc6)cc(-c6ccccc6)n5)c4)c3)cccc21.C/C=C\CC.CC. The molecule has 0 bridgehead atoms. The molecule has 0 saturated carbocycles. The van der Waals surface area contributed by atoms with Crippen LogP contribution in [-0.4, -0.2) is 9.97 Å². The van der Waals surface area contributed by atoms with Gasteiger partial charge >= 0.3 is 0 Å². The zero-order valence-corrected chi connectivity index (χ0v) is 37.5. The van der Waals surface area contributed by atoms with E-state index in [1.807, 2.05) is 39.1 Å². The van der Waals surface area contributed by atoms with Crippen molar-refractivity contribution in [1.29, 1.82) is 0 Å². The Labute approximate surface area is 375 Å². The number of benzene rings is 6. The van der Waals surface area contributed by atoms with Gasteiger partial charge in [-0.2, -0.15) is 0 Å². The highest BCUT2D eigenvalue weighted by Gasteiger charge is 2.51. The quantitative estimate of drug-likeness (QED) is 0.117. The Hall–Kier alpha value is -7.10. The molecule has 6 aromatic carbocycles. The number of allylic oxidation sites excluding steroid dienone is 9. The van der Waals surface area contributed by atoms with Crippen LogP contribution < -0.4 is 5.73 Å². The van der Waals surface area contributed by atoms with Crippen LogP contribution in [0.1, 0.15) is 59.1 Å². The van der Waals surface area contributed by atoms with Gasteiger partial charge in [-0.3, -0.25) is 0 Å². The Morgan fingerprint density at radius 1 is 0.571 bits per heavy atom. The number of nitrogens with zero attached hydrogens (tertiary/aromatic N) is 2.